The Hall–Kier alpha value is -2.19. The molecule has 0 aliphatic rings. The van der Waals surface area contributed by atoms with Crippen LogP contribution in [0.1, 0.15) is 30.6 Å². The molecule has 21 heavy (non-hydrogen) atoms. The van der Waals surface area contributed by atoms with Gasteiger partial charge in [-0.3, -0.25) is 9.59 Å². The van der Waals surface area contributed by atoms with E-state index in [1.165, 1.54) is 0 Å². The van der Waals surface area contributed by atoms with Crippen LogP contribution in [0.3, 0.4) is 0 Å². The van der Waals surface area contributed by atoms with Crippen LogP contribution in [0.5, 0.6) is 0 Å². The summed E-state index contributed by atoms with van der Waals surface area (Å²) < 4.78 is 5.34. The standard InChI is InChI=1S/C16H20N2O3/c1-12(2)21-10-6-9-18-16(20)14(11-17)15(19)13-7-4-3-5-8-13/h3-5,7-8,12,14H,6,9-10H2,1-2H3,(H,18,20). The molecule has 0 aliphatic heterocycles. The lowest BCUT2D eigenvalue weighted by atomic mass is 9.98. The molecule has 5 nitrogen and oxygen atoms in total. The molecule has 1 unspecified atom stereocenters. The summed E-state index contributed by atoms with van der Waals surface area (Å²) in [6, 6.07) is 10.1. The van der Waals surface area contributed by atoms with Crippen molar-refractivity contribution in [3.63, 3.8) is 0 Å². The van der Waals surface area contributed by atoms with Crippen LogP contribution in [0.15, 0.2) is 30.3 Å². The minimum atomic E-state index is -1.31. The zero-order valence-electron chi connectivity index (χ0n) is 12.3. The maximum absolute atomic E-state index is 12.1. The Morgan fingerprint density at radius 3 is 2.52 bits per heavy atom. The molecule has 112 valence electrons. The number of rotatable bonds is 8. The molecule has 5 heteroatoms. The van der Waals surface area contributed by atoms with Gasteiger partial charge in [0.2, 0.25) is 5.91 Å². The summed E-state index contributed by atoms with van der Waals surface area (Å²) in [6.07, 6.45) is 0.786. The lowest BCUT2D eigenvalue weighted by Gasteiger charge is -2.10. The molecule has 1 aromatic carbocycles. The van der Waals surface area contributed by atoms with E-state index in [2.05, 4.69) is 5.32 Å². The van der Waals surface area contributed by atoms with Crippen molar-refractivity contribution >= 4 is 11.7 Å². The summed E-state index contributed by atoms with van der Waals surface area (Å²) in [5.74, 6) is -2.34. The van der Waals surface area contributed by atoms with Gasteiger partial charge in [0, 0.05) is 18.7 Å². The van der Waals surface area contributed by atoms with Crippen molar-refractivity contribution in [2.75, 3.05) is 13.2 Å². The number of ketones is 1. The largest absolute Gasteiger partial charge is 0.379 e. The van der Waals surface area contributed by atoms with Crippen LogP contribution < -0.4 is 5.32 Å². The molecule has 0 bridgehead atoms. The second kappa shape index (κ2) is 8.88. The van der Waals surface area contributed by atoms with Crippen molar-refractivity contribution in [1.29, 1.82) is 5.26 Å². The number of benzene rings is 1. The number of ether oxygens (including phenoxy) is 1. The second-order valence-electron chi connectivity index (χ2n) is 4.86. The summed E-state index contributed by atoms with van der Waals surface area (Å²) in [6.45, 7) is 4.78. The van der Waals surface area contributed by atoms with E-state index in [4.69, 9.17) is 10.00 Å². The summed E-state index contributed by atoms with van der Waals surface area (Å²) in [5, 5.41) is 11.6. The van der Waals surface area contributed by atoms with E-state index in [-0.39, 0.29) is 6.10 Å². The summed E-state index contributed by atoms with van der Waals surface area (Å²) >= 11 is 0. The van der Waals surface area contributed by atoms with E-state index in [0.29, 0.717) is 25.1 Å². The number of Topliss-reactive ketones (excluding diaryl/α,β-unsaturated/α-hetero) is 1. The van der Waals surface area contributed by atoms with Crippen molar-refractivity contribution in [2.24, 2.45) is 5.92 Å². The highest BCUT2D eigenvalue weighted by atomic mass is 16.5. The second-order valence-corrected chi connectivity index (χ2v) is 4.86. The predicted octanol–water partition coefficient (Wildman–Crippen LogP) is 1.94. The van der Waals surface area contributed by atoms with Gasteiger partial charge in [0.05, 0.1) is 12.2 Å². The molecule has 1 N–H and O–H groups in total. The Balaban J connectivity index is 2.47. The fourth-order valence-electron chi connectivity index (χ4n) is 1.71. The van der Waals surface area contributed by atoms with Crippen LogP contribution in [0.4, 0.5) is 0 Å². The number of hydrogen-bond donors (Lipinski definition) is 1. The third-order valence-corrected chi connectivity index (χ3v) is 2.78. The number of nitriles is 1. The van der Waals surface area contributed by atoms with Gasteiger partial charge in [-0.1, -0.05) is 30.3 Å². The van der Waals surface area contributed by atoms with Crippen molar-refractivity contribution in [2.45, 2.75) is 26.4 Å². The van der Waals surface area contributed by atoms with E-state index in [1.54, 1.807) is 36.4 Å². The Bertz CT molecular complexity index is 506. The maximum atomic E-state index is 12.1. The normalized spacial score (nSPS) is 11.7. The Kier molecular flexibility index (Phi) is 7.13. The highest BCUT2D eigenvalue weighted by Gasteiger charge is 2.26. The van der Waals surface area contributed by atoms with Gasteiger partial charge in [-0.05, 0) is 20.3 Å². The van der Waals surface area contributed by atoms with Crippen LogP contribution in [0.25, 0.3) is 0 Å². The molecular formula is C16H20N2O3. The number of nitrogens with one attached hydrogen (secondary N) is 1. The lowest BCUT2D eigenvalue weighted by Crippen LogP contribution is -2.35. The number of hydrogen-bond acceptors (Lipinski definition) is 4. The van der Waals surface area contributed by atoms with Crippen LogP contribution in [0.2, 0.25) is 0 Å². The molecule has 1 amide bonds. The molecule has 0 aliphatic carbocycles. The zero-order chi connectivity index (χ0) is 15.7. The average molecular weight is 288 g/mol. The summed E-state index contributed by atoms with van der Waals surface area (Å²) in [4.78, 5) is 24.0. The number of carbonyl (C=O) groups excluding carboxylic acids is 2. The average Bonchev–Trinajstić information content (AvgIpc) is 2.48. The van der Waals surface area contributed by atoms with Crippen LogP contribution in [-0.4, -0.2) is 30.9 Å². The predicted molar refractivity (Wildman–Crippen MR) is 78.6 cm³/mol. The van der Waals surface area contributed by atoms with Crippen LogP contribution in [-0.2, 0) is 9.53 Å². The lowest BCUT2D eigenvalue weighted by molar-refractivity contribution is -0.122. The quantitative estimate of drug-likeness (QED) is 0.450. The highest BCUT2D eigenvalue weighted by Crippen LogP contribution is 2.08. The van der Waals surface area contributed by atoms with Gasteiger partial charge in [-0.15, -0.1) is 0 Å². The zero-order valence-corrected chi connectivity index (χ0v) is 12.3. The third-order valence-electron chi connectivity index (χ3n) is 2.78. The van der Waals surface area contributed by atoms with Gasteiger partial charge < -0.3 is 10.1 Å². The topological polar surface area (TPSA) is 79.2 Å². The van der Waals surface area contributed by atoms with Crippen molar-refractivity contribution in [3.8, 4) is 6.07 Å². The van der Waals surface area contributed by atoms with E-state index in [0.717, 1.165) is 0 Å². The molecule has 0 heterocycles. The van der Waals surface area contributed by atoms with Crippen LogP contribution in [0, 0.1) is 17.2 Å². The summed E-state index contributed by atoms with van der Waals surface area (Å²) in [5.41, 5.74) is 0.363. The van der Waals surface area contributed by atoms with Gasteiger partial charge in [-0.25, -0.2) is 0 Å². The maximum Gasteiger partial charge on any atom is 0.245 e. The van der Waals surface area contributed by atoms with Crippen LogP contribution >= 0.6 is 0 Å². The fraction of sp³-hybridized carbons (Fsp3) is 0.438. The van der Waals surface area contributed by atoms with Gasteiger partial charge in [0.25, 0.3) is 0 Å². The number of nitrogens with zero attached hydrogens (tertiary/aromatic N) is 1. The molecule has 0 aromatic heterocycles. The molecule has 0 spiro atoms. The van der Waals surface area contributed by atoms with Gasteiger partial charge in [-0.2, -0.15) is 5.26 Å². The first-order chi connectivity index (χ1) is 10.1. The molecule has 1 rings (SSSR count). The molecule has 1 atom stereocenters. The molecule has 1 aromatic rings. The third kappa shape index (κ3) is 5.76. The van der Waals surface area contributed by atoms with E-state index in [9.17, 15) is 9.59 Å². The Morgan fingerprint density at radius 2 is 1.95 bits per heavy atom. The smallest absolute Gasteiger partial charge is 0.245 e. The SMILES string of the molecule is CC(C)OCCCNC(=O)C(C#N)C(=O)c1ccccc1. The number of amides is 1. The molecule has 0 fully saturated rings. The van der Waals surface area contributed by atoms with E-state index in [1.807, 2.05) is 13.8 Å². The Labute approximate surface area is 124 Å². The monoisotopic (exact) mass is 288 g/mol. The highest BCUT2D eigenvalue weighted by molar-refractivity contribution is 6.12. The first-order valence-electron chi connectivity index (χ1n) is 6.94. The minimum absolute atomic E-state index is 0.146. The summed E-state index contributed by atoms with van der Waals surface area (Å²) in [7, 11) is 0. The molecule has 0 saturated carbocycles. The van der Waals surface area contributed by atoms with E-state index >= 15 is 0 Å². The molecule has 0 saturated heterocycles. The first kappa shape index (κ1) is 16.9. The molecular weight excluding hydrogens is 268 g/mol. The fourth-order valence-corrected chi connectivity index (χ4v) is 1.71. The van der Waals surface area contributed by atoms with Crippen molar-refractivity contribution < 1.29 is 14.3 Å². The number of carbonyl (C=O) groups is 2. The van der Waals surface area contributed by atoms with E-state index < -0.39 is 17.6 Å². The first-order valence-corrected chi connectivity index (χ1v) is 6.94. The molecule has 0 radical (unpaired) electrons. The minimum Gasteiger partial charge on any atom is -0.379 e. The van der Waals surface area contributed by atoms with Gasteiger partial charge in [0.15, 0.2) is 11.7 Å². The van der Waals surface area contributed by atoms with Gasteiger partial charge in [0.1, 0.15) is 0 Å². The van der Waals surface area contributed by atoms with Crippen molar-refractivity contribution in [3.05, 3.63) is 35.9 Å². The van der Waals surface area contributed by atoms with Crippen molar-refractivity contribution in [1.82, 2.24) is 5.32 Å². The Morgan fingerprint density at radius 1 is 1.29 bits per heavy atom. The van der Waals surface area contributed by atoms with Gasteiger partial charge >= 0.3 is 0 Å².